The fourth-order valence-corrected chi connectivity index (χ4v) is 3.08. The van der Waals surface area contributed by atoms with Crippen molar-refractivity contribution < 1.29 is 9.53 Å². The monoisotopic (exact) mass is 359 g/mol. The molecule has 132 valence electrons. The molecule has 6 heteroatoms. The maximum Gasteiger partial charge on any atom is 0.255 e. The normalized spacial score (nSPS) is 14.2. The van der Waals surface area contributed by atoms with Gasteiger partial charge in [0.1, 0.15) is 11.6 Å². The summed E-state index contributed by atoms with van der Waals surface area (Å²) in [6, 6.07) is 9.25. The molecule has 2 heterocycles. The number of likely N-dealkylation sites (tertiary alicyclic amines) is 1. The number of benzene rings is 1. The molecule has 0 aliphatic carbocycles. The van der Waals surface area contributed by atoms with Crippen LogP contribution >= 0.6 is 11.6 Å². The number of carbonyl (C=O) groups is 1. The number of carbonyl (C=O) groups excluding carboxylic acids is 1. The summed E-state index contributed by atoms with van der Waals surface area (Å²) in [5, 5.41) is 3.59. The third-order valence-corrected chi connectivity index (χ3v) is 4.45. The van der Waals surface area contributed by atoms with E-state index in [1.165, 1.54) is 6.42 Å². The molecule has 0 saturated carbocycles. The van der Waals surface area contributed by atoms with Gasteiger partial charge in [0.05, 0.1) is 17.2 Å². The highest BCUT2D eigenvalue weighted by atomic mass is 35.5. The number of anilines is 2. The number of ether oxygens (including phenoxy) is 1. The molecule has 25 heavy (non-hydrogen) atoms. The molecule has 1 fully saturated rings. The summed E-state index contributed by atoms with van der Waals surface area (Å²) in [5.74, 6) is 1.34. The molecular weight excluding hydrogens is 338 g/mol. The van der Waals surface area contributed by atoms with Crippen LogP contribution in [-0.2, 0) is 0 Å². The number of piperidine rings is 1. The minimum absolute atomic E-state index is 0.00159. The molecule has 2 aromatic rings. The second-order valence-corrected chi connectivity index (χ2v) is 6.40. The minimum atomic E-state index is 0.00159. The molecule has 3 rings (SSSR count). The second kappa shape index (κ2) is 8.21. The Labute approximate surface area is 153 Å². The summed E-state index contributed by atoms with van der Waals surface area (Å²) in [7, 11) is 0. The smallest absolute Gasteiger partial charge is 0.255 e. The molecule has 1 amide bonds. The van der Waals surface area contributed by atoms with E-state index in [2.05, 4.69) is 10.3 Å². The lowest BCUT2D eigenvalue weighted by molar-refractivity contribution is 0.0724. The van der Waals surface area contributed by atoms with Gasteiger partial charge in [-0.25, -0.2) is 4.98 Å². The summed E-state index contributed by atoms with van der Waals surface area (Å²) >= 11 is 6.32. The lowest BCUT2D eigenvalue weighted by Gasteiger charge is -2.26. The van der Waals surface area contributed by atoms with Crippen LogP contribution in [0.1, 0.15) is 36.5 Å². The van der Waals surface area contributed by atoms with E-state index in [9.17, 15) is 4.79 Å². The number of nitrogens with one attached hydrogen (secondary N) is 1. The van der Waals surface area contributed by atoms with Crippen LogP contribution in [0.4, 0.5) is 11.5 Å². The lowest BCUT2D eigenvalue weighted by Crippen LogP contribution is -2.35. The van der Waals surface area contributed by atoms with E-state index in [0.29, 0.717) is 23.0 Å². The Morgan fingerprint density at radius 2 is 1.96 bits per heavy atom. The zero-order valence-electron chi connectivity index (χ0n) is 14.3. The van der Waals surface area contributed by atoms with Gasteiger partial charge >= 0.3 is 0 Å². The molecular formula is C19H22ClN3O2. The van der Waals surface area contributed by atoms with E-state index in [1.807, 2.05) is 36.1 Å². The van der Waals surface area contributed by atoms with E-state index in [4.69, 9.17) is 16.3 Å². The Kier molecular flexibility index (Phi) is 5.76. The molecule has 0 radical (unpaired) electrons. The van der Waals surface area contributed by atoms with Crippen LogP contribution in [0.5, 0.6) is 5.75 Å². The van der Waals surface area contributed by atoms with E-state index >= 15 is 0 Å². The highest BCUT2D eigenvalue weighted by molar-refractivity contribution is 6.33. The van der Waals surface area contributed by atoms with Gasteiger partial charge in [-0.3, -0.25) is 4.79 Å². The average molecular weight is 360 g/mol. The van der Waals surface area contributed by atoms with Crippen LogP contribution in [0.15, 0.2) is 36.5 Å². The first kappa shape index (κ1) is 17.5. The highest BCUT2D eigenvalue weighted by Crippen LogP contribution is 2.26. The third-order valence-electron chi connectivity index (χ3n) is 4.16. The van der Waals surface area contributed by atoms with Crippen LogP contribution in [0.2, 0.25) is 5.02 Å². The lowest BCUT2D eigenvalue weighted by atomic mass is 10.1. The zero-order valence-corrected chi connectivity index (χ0v) is 15.1. The van der Waals surface area contributed by atoms with Crippen molar-refractivity contribution in [1.29, 1.82) is 0 Å². The standard InChI is InChI=1S/C19H22ClN3O2/c1-2-25-16-8-6-15(7-9-16)22-18-17(20)12-14(13-21-18)19(24)23-10-4-3-5-11-23/h6-9,12-13H,2-5,10-11H2,1H3,(H,21,22). The van der Waals surface area contributed by atoms with Gasteiger partial charge in [0, 0.05) is 25.0 Å². The van der Waals surface area contributed by atoms with Gasteiger partial charge in [-0.05, 0) is 56.5 Å². The van der Waals surface area contributed by atoms with Crippen molar-refractivity contribution in [1.82, 2.24) is 9.88 Å². The van der Waals surface area contributed by atoms with Gasteiger partial charge in [0.25, 0.3) is 5.91 Å². The maximum atomic E-state index is 12.5. The van der Waals surface area contributed by atoms with Crippen molar-refractivity contribution in [2.45, 2.75) is 26.2 Å². The van der Waals surface area contributed by atoms with Crippen LogP contribution < -0.4 is 10.1 Å². The molecule has 1 aromatic carbocycles. The fourth-order valence-electron chi connectivity index (χ4n) is 2.86. The predicted molar refractivity (Wildman–Crippen MR) is 99.9 cm³/mol. The first-order valence-electron chi connectivity index (χ1n) is 8.62. The molecule has 1 aromatic heterocycles. The maximum absolute atomic E-state index is 12.5. The Morgan fingerprint density at radius 1 is 1.24 bits per heavy atom. The van der Waals surface area contributed by atoms with E-state index < -0.39 is 0 Å². The number of rotatable bonds is 5. The molecule has 1 aliphatic rings. The van der Waals surface area contributed by atoms with Crippen molar-refractivity contribution in [3.63, 3.8) is 0 Å². The van der Waals surface area contributed by atoms with Crippen LogP contribution in [-0.4, -0.2) is 35.5 Å². The topological polar surface area (TPSA) is 54.5 Å². The third kappa shape index (κ3) is 4.42. The number of hydrogen-bond acceptors (Lipinski definition) is 4. The van der Waals surface area contributed by atoms with Gasteiger partial charge in [-0.1, -0.05) is 11.6 Å². The van der Waals surface area contributed by atoms with Crippen LogP contribution in [0.3, 0.4) is 0 Å². The number of amides is 1. The Balaban J connectivity index is 1.70. The van der Waals surface area contributed by atoms with Gasteiger partial charge in [-0.2, -0.15) is 0 Å². The SMILES string of the molecule is CCOc1ccc(Nc2ncc(C(=O)N3CCCCC3)cc2Cl)cc1. The van der Waals surface area contributed by atoms with E-state index in [0.717, 1.165) is 37.4 Å². The van der Waals surface area contributed by atoms with Crippen LogP contribution in [0, 0.1) is 0 Å². The van der Waals surface area contributed by atoms with Crippen molar-refractivity contribution >= 4 is 29.0 Å². The molecule has 1 N–H and O–H groups in total. The second-order valence-electron chi connectivity index (χ2n) is 5.99. The molecule has 0 atom stereocenters. The Morgan fingerprint density at radius 3 is 2.60 bits per heavy atom. The summed E-state index contributed by atoms with van der Waals surface area (Å²) in [6.45, 7) is 4.19. The van der Waals surface area contributed by atoms with Crippen molar-refractivity contribution in [3.05, 3.63) is 47.1 Å². The van der Waals surface area contributed by atoms with E-state index in [1.54, 1.807) is 12.3 Å². The first-order chi connectivity index (χ1) is 12.2. The average Bonchev–Trinajstić information content (AvgIpc) is 2.65. The number of halogens is 1. The molecule has 5 nitrogen and oxygen atoms in total. The van der Waals surface area contributed by atoms with Gasteiger partial charge in [-0.15, -0.1) is 0 Å². The molecule has 0 spiro atoms. The quantitative estimate of drug-likeness (QED) is 0.853. The van der Waals surface area contributed by atoms with Crippen LogP contribution in [0.25, 0.3) is 0 Å². The first-order valence-corrected chi connectivity index (χ1v) is 9.00. The predicted octanol–water partition coefficient (Wildman–Crippen LogP) is 4.50. The van der Waals surface area contributed by atoms with Gasteiger partial charge in [0.15, 0.2) is 0 Å². The van der Waals surface area contributed by atoms with Gasteiger partial charge < -0.3 is 15.0 Å². The molecule has 1 aliphatic heterocycles. The highest BCUT2D eigenvalue weighted by Gasteiger charge is 2.19. The van der Waals surface area contributed by atoms with Gasteiger partial charge in [0.2, 0.25) is 0 Å². The molecule has 1 saturated heterocycles. The fraction of sp³-hybridized carbons (Fsp3) is 0.368. The molecule has 0 unspecified atom stereocenters. The number of aromatic nitrogens is 1. The Bertz CT molecular complexity index is 728. The minimum Gasteiger partial charge on any atom is -0.494 e. The largest absolute Gasteiger partial charge is 0.494 e. The number of nitrogens with zero attached hydrogens (tertiary/aromatic N) is 2. The summed E-state index contributed by atoms with van der Waals surface area (Å²) in [4.78, 5) is 18.7. The summed E-state index contributed by atoms with van der Waals surface area (Å²) in [5.41, 5.74) is 1.39. The summed E-state index contributed by atoms with van der Waals surface area (Å²) < 4.78 is 5.42. The zero-order chi connectivity index (χ0) is 17.6. The Hall–Kier alpha value is -2.27. The number of pyridine rings is 1. The molecule has 0 bridgehead atoms. The van der Waals surface area contributed by atoms with E-state index in [-0.39, 0.29) is 5.91 Å². The van der Waals surface area contributed by atoms with Crippen molar-refractivity contribution in [2.75, 3.05) is 25.0 Å². The number of hydrogen-bond donors (Lipinski definition) is 1. The van der Waals surface area contributed by atoms with Crippen molar-refractivity contribution in [2.24, 2.45) is 0 Å². The summed E-state index contributed by atoms with van der Waals surface area (Å²) in [6.07, 6.45) is 4.89. The van der Waals surface area contributed by atoms with Crippen molar-refractivity contribution in [3.8, 4) is 5.75 Å².